The number of ether oxygens (including phenoxy) is 3. The van der Waals surface area contributed by atoms with E-state index in [1.165, 1.54) is 0 Å². The van der Waals surface area contributed by atoms with Crippen molar-refractivity contribution in [2.45, 2.75) is 19.9 Å². The molecule has 0 heterocycles. The molecule has 0 fully saturated rings. The molecule has 4 heteroatoms. The van der Waals surface area contributed by atoms with Crippen molar-refractivity contribution in [1.82, 2.24) is 0 Å². The Morgan fingerprint density at radius 2 is 1.57 bits per heavy atom. The van der Waals surface area contributed by atoms with Gasteiger partial charge >= 0.3 is 0 Å². The summed E-state index contributed by atoms with van der Waals surface area (Å²) >= 11 is 0. The van der Waals surface area contributed by atoms with Crippen LogP contribution in [0.25, 0.3) is 0 Å². The third kappa shape index (κ3) is 9.92. The molecule has 0 aromatic rings. The smallest absolute Gasteiger partial charge is 0.0701 e. The minimum Gasteiger partial charge on any atom is -0.383 e. The van der Waals surface area contributed by atoms with Crippen LogP contribution in [-0.2, 0) is 14.2 Å². The van der Waals surface area contributed by atoms with E-state index < -0.39 is 0 Å². The Morgan fingerprint density at radius 1 is 1.00 bits per heavy atom. The lowest BCUT2D eigenvalue weighted by Gasteiger charge is -2.11. The molecule has 0 spiro atoms. The fourth-order valence-corrected chi connectivity index (χ4v) is 0.934. The van der Waals surface area contributed by atoms with Crippen LogP contribution in [0.2, 0.25) is 0 Å². The fraction of sp³-hybridized carbons (Fsp3) is 1.00. The van der Waals surface area contributed by atoms with E-state index in [2.05, 4.69) is 13.8 Å². The van der Waals surface area contributed by atoms with Gasteiger partial charge in [0.1, 0.15) is 0 Å². The average Bonchev–Trinajstić information content (AvgIpc) is 2.11. The van der Waals surface area contributed by atoms with Crippen molar-refractivity contribution in [3.63, 3.8) is 0 Å². The summed E-state index contributed by atoms with van der Waals surface area (Å²) in [5.74, 6) is 0.575. The van der Waals surface area contributed by atoms with Crippen LogP contribution in [0, 0.1) is 5.92 Å². The van der Waals surface area contributed by atoms with Gasteiger partial charge in [0.15, 0.2) is 0 Å². The summed E-state index contributed by atoms with van der Waals surface area (Å²) in [6, 6.07) is -0.0369. The third-order valence-corrected chi connectivity index (χ3v) is 1.54. The van der Waals surface area contributed by atoms with Crippen LogP contribution in [-0.4, -0.2) is 46.2 Å². The number of rotatable bonds is 9. The highest BCUT2D eigenvalue weighted by Gasteiger charge is 2.01. The summed E-state index contributed by atoms with van der Waals surface area (Å²) in [4.78, 5) is 0. The molecule has 0 saturated heterocycles. The second-order valence-electron chi connectivity index (χ2n) is 3.76. The number of methoxy groups -OCH3 is 1. The second-order valence-corrected chi connectivity index (χ2v) is 3.76. The molecule has 0 saturated carbocycles. The first-order chi connectivity index (χ1) is 6.66. The third-order valence-electron chi connectivity index (χ3n) is 1.54. The number of hydrogen-bond acceptors (Lipinski definition) is 4. The Bertz CT molecular complexity index is 120. The molecule has 1 unspecified atom stereocenters. The molecular weight excluding hydrogens is 182 g/mol. The van der Waals surface area contributed by atoms with E-state index in [4.69, 9.17) is 19.9 Å². The lowest BCUT2D eigenvalue weighted by Crippen LogP contribution is -2.31. The minimum atomic E-state index is -0.0369. The highest BCUT2D eigenvalue weighted by atomic mass is 16.5. The van der Waals surface area contributed by atoms with E-state index in [1.54, 1.807) is 7.11 Å². The van der Waals surface area contributed by atoms with E-state index in [9.17, 15) is 0 Å². The summed E-state index contributed by atoms with van der Waals surface area (Å²) in [6.07, 6.45) is 0. The van der Waals surface area contributed by atoms with Crippen LogP contribution in [0.15, 0.2) is 0 Å². The summed E-state index contributed by atoms with van der Waals surface area (Å²) in [5, 5.41) is 0. The van der Waals surface area contributed by atoms with Gasteiger partial charge in [0, 0.05) is 13.7 Å². The Hall–Kier alpha value is -0.160. The van der Waals surface area contributed by atoms with Gasteiger partial charge in [0.05, 0.1) is 32.5 Å². The van der Waals surface area contributed by atoms with Crippen molar-refractivity contribution in [3.8, 4) is 0 Å². The Balaban J connectivity index is 3.05. The molecule has 14 heavy (non-hydrogen) atoms. The zero-order valence-corrected chi connectivity index (χ0v) is 9.49. The van der Waals surface area contributed by atoms with Gasteiger partial charge in [-0.1, -0.05) is 13.8 Å². The van der Waals surface area contributed by atoms with E-state index in [1.807, 2.05) is 0 Å². The van der Waals surface area contributed by atoms with Crippen molar-refractivity contribution < 1.29 is 14.2 Å². The topological polar surface area (TPSA) is 53.7 Å². The number of nitrogens with two attached hydrogens (primary N) is 1. The predicted molar refractivity (Wildman–Crippen MR) is 56.3 cm³/mol. The lowest BCUT2D eigenvalue weighted by molar-refractivity contribution is 0.0257. The molecule has 0 rings (SSSR count). The zero-order chi connectivity index (χ0) is 10.8. The van der Waals surface area contributed by atoms with Gasteiger partial charge in [0.25, 0.3) is 0 Å². The first-order valence-corrected chi connectivity index (χ1v) is 5.06. The molecule has 4 nitrogen and oxygen atoms in total. The van der Waals surface area contributed by atoms with E-state index in [-0.39, 0.29) is 6.04 Å². The summed E-state index contributed by atoms with van der Waals surface area (Å²) < 4.78 is 15.5. The number of hydrogen-bond donors (Lipinski definition) is 1. The van der Waals surface area contributed by atoms with Crippen LogP contribution in [0.5, 0.6) is 0 Å². The largest absolute Gasteiger partial charge is 0.383 e. The molecule has 0 aromatic heterocycles. The van der Waals surface area contributed by atoms with Crippen LogP contribution < -0.4 is 5.73 Å². The SMILES string of the molecule is COCC(N)COCCOCC(C)C. The summed E-state index contributed by atoms with van der Waals surface area (Å²) in [6.45, 7) is 7.33. The Labute approximate surface area is 86.7 Å². The molecule has 86 valence electrons. The van der Waals surface area contributed by atoms with Gasteiger partial charge in [-0.25, -0.2) is 0 Å². The van der Waals surface area contributed by atoms with Crippen molar-refractivity contribution in [2.24, 2.45) is 11.7 Å². The van der Waals surface area contributed by atoms with Gasteiger partial charge in [-0.2, -0.15) is 0 Å². The molecular formula is C10H23NO3. The summed E-state index contributed by atoms with van der Waals surface area (Å²) in [5.41, 5.74) is 5.66. The molecule has 0 bridgehead atoms. The molecule has 2 N–H and O–H groups in total. The van der Waals surface area contributed by atoms with Crippen LogP contribution in [0.4, 0.5) is 0 Å². The van der Waals surface area contributed by atoms with Crippen molar-refractivity contribution in [2.75, 3.05) is 40.1 Å². The monoisotopic (exact) mass is 205 g/mol. The van der Waals surface area contributed by atoms with Crippen LogP contribution >= 0.6 is 0 Å². The van der Waals surface area contributed by atoms with E-state index in [0.717, 1.165) is 6.61 Å². The van der Waals surface area contributed by atoms with Gasteiger partial charge in [-0.15, -0.1) is 0 Å². The van der Waals surface area contributed by atoms with E-state index >= 15 is 0 Å². The van der Waals surface area contributed by atoms with E-state index in [0.29, 0.717) is 32.3 Å². The summed E-state index contributed by atoms with van der Waals surface area (Å²) in [7, 11) is 1.63. The Kier molecular flexibility index (Phi) is 9.29. The molecule has 0 aliphatic heterocycles. The molecule has 0 radical (unpaired) electrons. The maximum Gasteiger partial charge on any atom is 0.0701 e. The molecule has 1 atom stereocenters. The standard InChI is InChI=1S/C10H23NO3/c1-9(2)6-13-4-5-14-8-10(11)7-12-3/h9-10H,4-8,11H2,1-3H3. The quantitative estimate of drug-likeness (QED) is 0.561. The maximum absolute atomic E-state index is 5.66. The average molecular weight is 205 g/mol. The highest BCUT2D eigenvalue weighted by Crippen LogP contribution is 1.92. The zero-order valence-electron chi connectivity index (χ0n) is 9.49. The highest BCUT2D eigenvalue weighted by molar-refractivity contribution is 4.56. The van der Waals surface area contributed by atoms with Crippen LogP contribution in [0.1, 0.15) is 13.8 Å². The Morgan fingerprint density at radius 3 is 2.07 bits per heavy atom. The predicted octanol–water partition coefficient (Wildman–Crippen LogP) is 0.649. The second kappa shape index (κ2) is 9.40. The van der Waals surface area contributed by atoms with Crippen molar-refractivity contribution in [1.29, 1.82) is 0 Å². The van der Waals surface area contributed by atoms with Gasteiger partial charge < -0.3 is 19.9 Å². The minimum absolute atomic E-state index is 0.0369. The van der Waals surface area contributed by atoms with Gasteiger partial charge in [-0.05, 0) is 5.92 Å². The normalized spacial score (nSPS) is 13.5. The first-order valence-electron chi connectivity index (χ1n) is 5.06. The van der Waals surface area contributed by atoms with Gasteiger partial charge in [-0.3, -0.25) is 0 Å². The fourth-order valence-electron chi connectivity index (χ4n) is 0.934. The maximum atomic E-state index is 5.66. The molecule has 0 aliphatic carbocycles. The molecule has 0 amide bonds. The van der Waals surface area contributed by atoms with Crippen molar-refractivity contribution in [3.05, 3.63) is 0 Å². The lowest BCUT2D eigenvalue weighted by atomic mass is 10.2. The van der Waals surface area contributed by atoms with Crippen LogP contribution in [0.3, 0.4) is 0 Å². The van der Waals surface area contributed by atoms with Crippen molar-refractivity contribution >= 4 is 0 Å². The first kappa shape index (κ1) is 13.8. The van der Waals surface area contributed by atoms with Gasteiger partial charge in [0.2, 0.25) is 0 Å². The molecule has 0 aliphatic rings. The molecule has 0 aromatic carbocycles.